The molecular weight excluding hydrogens is 643 g/mol. The zero-order valence-corrected chi connectivity index (χ0v) is 29.6. The Bertz CT molecular complexity index is 2830. The van der Waals surface area contributed by atoms with Gasteiger partial charge in [0.05, 0.1) is 0 Å². The largest absolute Gasteiger partial charge is 0.456 e. The quantitative estimate of drug-likeness (QED) is 0.184. The number of fused-ring (bicyclic) bond motifs is 13. The molecule has 13 rings (SSSR count). The summed E-state index contributed by atoms with van der Waals surface area (Å²) in [5.74, 6) is 3.58. The van der Waals surface area contributed by atoms with Crippen LogP contribution in [0.3, 0.4) is 0 Å². The Hall–Kier alpha value is -5.60. The van der Waals surface area contributed by atoms with Crippen LogP contribution in [-0.2, 0) is 5.41 Å². The molecule has 2 spiro atoms. The van der Waals surface area contributed by atoms with Crippen LogP contribution in [0.2, 0.25) is 0 Å². The van der Waals surface area contributed by atoms with Crippen molar-refractivity contribution >= 4 is 49.8 Å². The van der Waals surface area contributed by atoms with Gasteiger partial charge in [-0.1, -0.05) is 97.1 Å². The van der Waals surface area contributed by atoms with Gasteiger partial charge in [-0.3, -0.25) is 0 Å². The van der Waals surface area contributed by atoms with Crippen molar-refractivity contribution in [3.63, 3.8) is 0 Å². The van der Waals surface area contributed by atoms with E-state index in [2.05, 4.69) is 150 Å². The molecule has 0 radical (unpaired) electrons. The normalized spacial score (nSPS) is 27.0. The van der Waals surface area contributed by atoms with E-state index in [4.69, 9.17) is 4.42 Å². The Balaban J connectivity index is 0.924. The molecule has 3 bridgehead atoms. The van der Waals surface area contributed by atoms with Crippen LogP contribution in [0.4, 0.5) is 17.1 Å². The first kappa shape index (κ1) is 28.9. The molecule has 53 heavy (non-hydrogen) atoms. The highest BCUT2D eigenvalue weighted by molar-refractivity contribution is 6.06. The van der Waals surface area contributed by atoms with E-state index in [1.54, 1.807) is 11.1 Å². The lowest BCUT2D eigenvalue weighted by molar-refractivity contribution is -0.0193. The third kappa shape index (κ3) is 3.65. The molecule has 0 N–H and O–H groups in total. The Morgan fingerprint density at radius 1 is 0.491 bits per heavy atom. The standard InChI is InChI=1S/C51H39NO/c1-2-8-34-25-39(19-15-32(34)7-1)52(40-20-22-48-44(28-40)42-10-4-6-12-47(42)53-48)38-17-13-33(14-18-38)35-16-21-46-43(26-35)41-9-3-5-11-45(41)51(46)37-24-31-23-36-27-49(51)50(36,29-31)30-37/h1-22,25-26,28,31,36-37,49H,23-24,27,29-30H2. The Morgan fingerprint density at radius 3 is 2.15 bits per heavy atom. The molecule has 5 aliphatic carbocycles. The van der Waals surface area contributed by atoms with E-state index in [1.807, 2.05) is 6.07 Å². The zero-order chi connectivity index (χ0) is 34.5. The summed E-state index contributed by atoms with van der Waals surface area (Å²) in [5, 5.41) is 4.75. The average molecular weight is 682 g/mol. The van der Waals surface area contributed by atoms with Crippen molar-refractivity contribution in [1.82, 2.24) is 0 Å². The van der Waals surface area contributed by atoms with Crippen molar-refractivity contribution < 1.29 is 4.42 Å². The molecule has 2 heteroatoms. The molecule has 254 valence electrons. The minimum absolute atomic E-state index is 0.224. The van der Waals surface area contributed by atoms with E-state index < -0.39 is 0 Å². The van der Waals surface area contributed by atoms with Crippen LogP contribution in [0.25, 0.3) is 55.0 Å². The number of rotatable bonds is 4. The Labute approximate surface area is 309 Å². The molecule has 7 aromatic carbocycles. The van der Waals surface area contributed by atoms with Crippen LogP contribution in [-0.4, -0.2) is 0 Å². The molecule has 0 amide bonds. The zero-order valence-electron chi connectivity index (χ0n) is 29.6. The molecule has 8 aromatic rings. The predicted octanol–water partition coefficient (Wildman–Crippen LogP) is 13.6. The SMILES string of the molecule is c1ccc2c(c1)-c1cc(-c3ccc(N(c4ccc5ccccc5c4)c4ccc5oc6ccccc6c5c4)cc3)ccc1C21C2CC3CC4CC1C4(C3)C2. The molecule has 0 aliphatic heterocycles. The van der Waals surface area contributed by atoms with Crippen molar-refractivity contribution in [1.29, 1.82) is 0 Å². The first-order valence-corrected chi connectivity index (χ1v) is 19.7. The molecule has 2 nitrogen and oxygen atoms in total. The third-order valence-corrected chi connectivity index (χ3v) is 14.9. The van der Waals surface area contributed by atoms with Crippen LogP contribution in [0.5, 0.6) is 0 Å². The van der Waals surface area contributed by atoms with E-state index in [0.29, 0.717) is 5.41 Å². The van der Waals surface area contributed by atoms with Crippen molar-refractivity contribution in [2.24, 2.45) is 29.1 Å². The number of nitrogens with zero attached hydrogens (tertiary/aromatic N) is 1. The van der Waals surface area contributed by atoms with Crippen LogP contribution >= 0.6 is 0 Å². The molecule has 1 aromatic heterocycles. The van der Waals surface area contributed by atoms with Gasteiger partial charge in [-0.15, -0.1) is 0 Å². The summed E-state index contributed by atoms with van der Waals surface area (Å²) in [4.78, 5) is 2.39. The minimum atomic E-state index is 0.224. The summed E-state index contributed by atoms with van der Waals surface area (Å²) in [7, 11) is 0. The molecule has 6 atom stereocenters. The van der Waals surface area contributed by atoms with Gasteiger partial charge in [-0.2, -0.15) is 0 Å². The summed E-state index contributed by atoms with van der Waals surface area (Å²) in [5.41, 5.74) is 14.9. The summed E-state index contributed by atoms with van der Waals surface area (Å²) in [6.45, 7) is 0. The topological polar surface area (TPSA) is 16.4 Å². The second-order valence-electron chi connectivity index (χ2n) is 17.0. The lowest BCUT2D eigenvalue weighted by Gasteiger charge is -2.54. The smallest absolute Gasteiger partial charge is 0.135 e. The number of hydrogen-bond donors (Lipinski definition) is 0. The van der Waals surface area contributed by atoms with Crippen LogP contribution in [0, 0.1) is 29.1 Å². The lowest BCUT2D eigenvalue weighted by Crippen LogP contribution is -2.50. The first-order valence-electron chi connectivity index (χ1n) is 19.7. The highest BCUT2D eigenvalue weighted by Crippen LogP contribution is 2.83. The van der Waals surface area contributed by atoms with Crippen molar-refractivity contribution in [3.05, 3.63) is 163 Å². The van der Waals surface area contributed by atoms with Gasteiger partial charge in [0.25, 0.3) is 0 Å². The number of benzene rings is 7. The van der Waals surface area contributed by atoms with Gasteiger partial charge in [0, 0.05) is 33.2 Å². The molecule has 5 aliphatic rings. The van der Waals surface area contributed by atoms with Gasteiger partial charge in [-0.25, -0.2) is 0 Å². The van der Waals surface area contributed by atoms with E-state index in [0.717, 1.165) is 62.7 Å². The number of para-hydroxylation sites is 1. The summed E-state index contributed by atoms with van der Waals surface area (Å²) in [6, 6.07) is 56.6. The van der Waals surface area contributed by atoms with Crippen LogP contribution in [0.1, 0.15) is 43.2 Å². The van der Waals surface area contributed by atoms with Gasteiger partial charge in [0.2, 0.25) is 0 Å². The first-order chi connectivity index (χ1) is 26.2. The van der Waals surface area contributed by atoms with Gasteiger partial charge >= 0.3 is 0 Å². The third-order valence-electron chi connectivity index (χ3n) is 14.9. The van der Waals surface area contributed by atoms with Crippen LogP contribution in [0.15, 0.2) is 156 Å². The average Bonchev–Trinajstić information content (AvgIpc) is 3.83. The fourth-order valence-corrected chi connectivity index (χ4v) is 13.1. The Morgan fingerprint density at radius 2 is 1.21 bits per heavy atom. The van der Waals surface area contributed by atoms with Crippen molar-refractivity contribution in [2.45, 2.75) is 37.5 Å². The highest BCUT2D eigenvalue weighted by Gasteiger charge is 2.76. The van der Waals surface area contributed by atoms with Gasteiger partial charge in [0.15, 0.2) is 0 Å². The molecule has 4 saturated carbocycles. The lowest BCUT2D eigenvalue weighted by atomic mass is 9.49. The van der Waals surface area contributed by atoms with Gasteiger partial charge < -0.3 is 9.32 Å². The molecule has 0 saturated heterocycles. The molecule has 1 heterocycles. The maximum atomic E-state index is 6.23. The Kier molecular flexibility index (Phi) is 5.50. The fourth-order valence-electron chi connectivity index (χ4n) is 13.1. The molecule has 4 fully saturated rings. The second kappa shape index (κ2) is 10.1. The van der Waals surface area contributed by atoms with E-state index in [-0.39, 0.29) is 5.41 Å². The summed E-state index contributed by atoms with van der Waals surface area (Å²) in [6.07, 6.45) is 7.36. The monoisotopic (exact) mass is 681 g/mol. The molecular formula is C51H39NO. The second-order valence-corrected chi connectivity index (χ2v) is 17.0. The van der Waals surface area contributed by atoms with Gasteiger partial charge in [-0.05, 0) is 160 Å². The number of anilines is 3. The van der Waals surface area contributed by atoms with E-state index in [1.165, 1.54) is 65.1 Å². The summed E-state index contributed by atoms with van der Waals surface area (Å²) < 4.78 is 6.23. The fraction of sp³-hybridized carbons (Fsp3) is 0.216. The van der Waals surface area contributed by atoms with Crippen molar-refractivity contribution in [2.75, 3.05) is 4.90 Å². The predicted molar refractivity (Wildman–Crippen MR) is 217 cm³/mol. The maximum absolute atomic E-state index is 6.23. The molecule has 6 unspecified atom stereocenters. The van der Waals surface area contributed by atoms with E-state index in [9.17, 15) is 0 Å². The maximum Gasteiger partial charge on any atom is 0.135 e. The van der Waals surface area contributed by atoms with Crippen molar-refractivity contribution in [3.8, 4) is 22.3 Å². The highest BCUT2D eigenvalue weighted by atomic mass is 16.3. The van der Waals surface area contributed by atoms with Crippen LogP contribution < -0.4 is 4.90 Å². The van der Waals surface area contributed by atoms with E-state index >= 15 is 0 Å². The van der Waals surface area contributed by atoms with Gasteiger partial charge in [0.1, 0.15) is 11.2 Å². The minimum Gasteiger partial charge on any atom is -0.456 e. The number of furan rings is 1. The number of hydrogen-bond acceptors (Lipinski definition) is 2. The summed E-state index contributed by atoms with van der Waals surface area (Å²) >= 11 is 0.